The van der Waals surface area contributed by atoms with Crippen molar-refractivity contribution in [2.24, 2.45) is 15.7 Å². The number of nitrogens with zero attached hydrogens (tertiary/aromatic N) is 2. The molecule has 0 aliphatic carbocycles. The van der Waals surface area contributed by atoms with Gasteiger partial charge < -0.3 is 16.4 Å². The van der Waals surface area contributed by atoms with Crippen molar-refractivity contribution >= 4 is 35.1 Å². The van der Waals surface area contributed by atoms with Gasteiger partial charge in [-0.15, -0.1) is 0 Å². The van der Waals surface area contributed by atoms with Crippen LogP contribution in [-0.4, -0.2) is 29.8 Å². The monoisotopic (exact) mass is 378 g/mol. The Labute approximate surface area is 163 Å². The predicted octanol–water partition coefficient (Wildman–Crippen LogP) is 1.86. The minimum atomic E-state index is -0.835. The quantitative estimate of drug-likeness (QED) is 0.469. The molecule has 144 valence electrons. The van der Waals surface area contributed by atoms with Crippen LogP contribution >= 0.6 is 0 Å². The number of carbonyl (C=O) groups excluding carboxylic acids is 2. The van der Waals surface area contributed by atoms with Crippen LogP contribution in [0.5, 0.6) is 0 Å². The van der Waals surface area contributed by atoms with Crippen molar-refractivity contribution in [3.63, 3.8) is 0 Å². The zero-order valence-electron chi connectivity index (χ0n) is 15.5. The Kier molecular flexibility index (Phi) is 6.01. The van der Waals surface area contributed by atoms with Gasteiger partial charge in [0.1, 0.15) is 6.04 Å². The Bertz CT molecular complexity index is 906. The minimum Gasteiger partial charge on any atom is -0.369 e. The Hall–Kier alpha value is -3.68. The summed E-state index contributed by atoms with van der Waals surface area (Å²) in [6.07, 6.45) is 0.850. The van der Waals surface area contributed by atoms with Crippen LogP contribution in [-0.2, 0) is 16.0 Å². The molecule has 1 aliphatic heterocycles. The molecule has 8 heteroatoms. The molecule has 2 aromatic rings. The molecule has 5 N–H and O–H groups in total. The maximum Gasteiger partial charge on any atom is 0.252 e. The fraction of sp³-hybridized carbons (Fsp3) is 0.200. The van der Waals surface area contributed by atoms with Gasteiger partial charge in [-0.2, -0.15) is 4.99 Å². The first-order valence-corrected chi connectivity index (χ1v) is 8.97. The van der Waals surface area contributed by atoms with Gasteiger partial charge in [-0.05, 0) is 36.2 Å². The van der Waals surface area contributed by atoms with Gasteiger partial charge in [0.05, 0.1) is 6.42 Å². The number of hydrogen-bond acceptors (Lipinski definition) is 4. The third-order valence-corrected chi connectivity index (χ3v) is 4.11. The van der Waals surface area contributed by atoms with Crippen molar-refractivity contribution in [2.75, 3.05) is 10.6 Å². The van der Waals surface area contributed by atoms with E-state index >= 15 is 0 Å². The predicted molar refractivity (Wildman–Crippen MR) is 110 cm³/mol. The second-order valence-corrected chi connectivity index (χ2v) is 6.25. The fourth-order valence-corrected chi connectivity index (χ4v) is 2.65. The third kappa shape index (κ3) is 5.16. The SMILES string of the molecule is CCc1ccc(NC(=O)C[C@H]2N=C(N=C(N)Nc3ccccc3)NC2=O)cc1. The van der Waals surface area contributed by atoms with Gasteiger partial charge in [0.25, 0.3) is 5.91 Å². The van der Waals surface area contributed by atoms with E-state index in [0.29, 0.717) is 5.69 Å². The van der Waals surface area contributed by atoms with Crippen molar-refractivity contribution in [1.82, 2.24) is 5.32 Å². The highest BCUT2D eigenvalue weighted by Crippen LogP contribution is 2.13. The smallest absolute Gasteiger partial charge is 0.252 e. The summed E-state index contributed by atoms with van der Waals surface area (Å²) in [5.41, 5.74) is 8.46. The summed E-state index contributed by atoms with van der Waals surface area (Å²) < 4.78 is 0. The molecule has 0 saturated heterocycles. The van der Waals surface area contributed by atoms with E-state index in [4.69, 9.17) is 5.73 Å². The number of hydrogen-bond donors (Lipinski definition) is 4. The highest BCUT2D eigenvalue weighted by Gasteiger charge is 2.28. The lowest BCUT2D eigenvalue weighted by Gasteiger charge is -2.07. The number of amides is 2. The lowest BCUT2D eigenvalue weighted by Crippen LogP contribution is -2.32. The van der Waals surface area contributed by atoms with E-state index in [1.54, 1.807) is 0 Å². The number of nitrogens with one attached hydrogen (secondary N) is 3. The first-order valence-electron chi connectivity index (χ1n) is 8.97. The molecule has 0 unspecified atom stereocenters. The van der Waals surface area contributed by atoms with Gasteiger partial charge in [0, 0.05) is 11.4 Å². The molecule has 2 amide bonds. The molecule has 0 saturated carbocycles. The zero-order valence-corrected chi connectivity index (χ0v) is 15.5. The summed E-state index contributed by atoms with van der Waals surface area (Å²) in [5, 5.41) is 8.19. The van der Waals surface area contributed by atoms with Gasteiger partial charge >= 0.3 is 0 Å². The molecule has 0 aromatic heterocycles. The van der Waals surface area contributed by atoms with Crippen LogP contribution in [0.2, 0.25) is 0 Å². The number of benzene rings is 2. The number of rotatable bonds is 5. The summed E-state index contributed by atoms with van der Waals surface area (Å²) in [5.74, 6) is -0.515. The molecule has 1 heterocycles. The summed E-state index contributed by atoms with van der Waals surface area (Å²) in [4.78, 5) is 32.5. The molecule has 1 aliphatic rings. The normalized spacial score (nSPS) is 16.3. The van der Waals surface area contributed by atoms with Crippen LogP contribution in [0.15, 0.2) is 64.6 Å². The lowest BCUT2D eigenvalue weighted by atomic mass is 10.1. The zero-order chi connectivity index (χ0) is 19.9. The number of carbonyl (C=O) groups is 2. The molecule has 28 heavy (non-hydrogen) atoms. The van der Waals surface area contributed by atoms with E-state index in [1.165, 1.54) is 5.56 Å². The van der Waals surface area contributed by atoms with Crippen LogP contribution in [0.4, 0.5) is 11.4 Å². The molecular weight excluding hydrogens is 356 g/mol. The van der Waals surface area contributed by atoms with Crippen molar-refractivity contribution in [2.45, 2.75) is 25.8 Å². The number of para-hydroxylation sites is 1. The number of aliphatic imine (C=N–C) groups is 2. The van der Waals surface area contributed by atoms with E-state index in [1.807, 2.05) is 54.6 Å². The maximum absolute atomic E-state index is 12.2. The molecular formula is C20H22N6O2. The van der Waals surface area contributed by atoms with Crippen LogP contribution in [0.1, 0.15) is 18.9 Å². The molecule has 2 aromatic carbocycles. The van der Waals surface area contributed by atoms with E-state index in [-0.39, 0.29) is 30.2 Å². The number of nitrogens with two attached hydrogens (primary N) is 1. The molecule has 8 nitrogen and oxygen atoms in total. The average molecular weight is 378 g/mol. The first-order chi connectivity index (χ1) is 13.5. The largest absolute Gasteiger partial charge is 0.369 e. The maximum atomic E-state index is 12.2. The molecule has 0 radical (unpaired) electrons. The fourth-order valence-electron chi connectivity index (χ4n) is 2.65. The number of guanidine groups is 2. The highest BCUT2D eigenvalue weighted by atomic mass is 16.2. The Morgan fingerprint density at radius 3 is 2.46 bits per heavy atom. The first kappa shape index (κ1) is 19.1. The summed E-state index contributed by atoms with van der Waals surface area (Å²) >= 11 is 0. The Morgan fingerprint density at radius 2 is 1.79 bits per heavy atom. The van der Waals surface area contributed by atoms with Crippen LogP contribution < -0.4 is 21.7 Å². The summed E-state index contributed by atoms with van der Waals surface area (Å²) in [6.45, 7) is 2.06. The molecule has 0 bridgehead atoms. The molecule has 0 fully saturated rings. The van der Waals surface area contributed by atoms with Crippen LogP contribution in [0.25, 0.3) is 0 Å². The average Bonchev–Trinajstić information content (AvgIpc) is 3.01. The lowest BCUT2D eigenvalue weighted by molar-refractivity contribution is -0.123. The van der Waals surface area contributed by atoms with E-state index in [2.05, 4.69) is 32.9 Å². The van der Waals surface area contributed by atoms with Gasteiger partial charge in [0.2, 0.25) is 17.8 Å². The highest BCUT2D eigenvalue weighted by molar-refractivity contribution is 6.11. The molecule has 0 spiro atoms. The van der Waals surface area contributed by atoms with Gasteiger partial charge in [-0.25, -0.2) is 4.99 Å². The number of aryl methyl sites for hydroxylation is 1. The molecule has 3 rings (SSSR count). The van der Waals surface area contributed by atoms with E-state index in [9.17, 15) is 9.59 Å². The topological polar surface area (TPSA) is 121 Å². The van der Waals surface area contributed by atoms with Crippen molar-refractivity contribution < 1.29 is 9.59 Å². The second-order valence-electron chi connectivity index (χ2n) is 6.25. The second kappa shape index (κ2) is 8.81. The van der Waals surface area contributed by atoms with Gasteiger partial charge in [-0.3, -0.25) is 14.9 Å². The Morgan fingerprint density at radius 1 is 1.11 bits per heavy atom. The van der Waals surface area contributed by atoms with Crippen molar-refractivity contribution in [1.29, 1.82) is 0 Å². The van der Waals surface area contributed by atoms with Crippen molar-refractivity contribution in [3.8, 4) is 0 Å². The Balaban J connectivity index is 1.58. The van der Waals surface area contributed by atoms with Gasteiger partial charge in [-0.1, -0.05) is 37.3 Å². The molecule has 1 atom stereocenters. The van der Waals surface area contributed by atoms with Gasteiger partial charge in [0.15, 0.2) is 0 Å². The summed E-state index contributed by atoms with van der Waals surface area (Å²) in [7, 11) is 0. The van der Waals surface area contributed by atoms with E-state index < -0.39 is 6.04 Å². The van der Waals surface area contributed by atoms with Crippen LogP contribution in [0, 0.1) is 0 Å². The van der Waals surface area contributed by atoms with Crippen LogP contribution in [0.3, 0.4) is 0 Å². The van der Waals surface area contributed by atoms with Crippen molar-refractivity contribution in [3.05, 3.63) is 60.2 Å². The standard InChI is InChI=1S/C20H22N6O2/c1-2-13-8-10-15(11-9-13)22-17(27)12-16-18(28)25-20(24-16)26-19(21)23-14-6-4-3-5-7-14/h3-11,16H,2,12H2,1H3,(H,22,27)(H4,21,23,24,25,26,28)/t16-/m1/s1. The summed E-state index contributed by atoms with van der Waals surface area (Å²) in [6, 6.07) is 16.0. The third-order valence-electron chi connectivity index (χ3n) is 4.11. The minimum absolute atomic E-state index is 0.0770. The number of anilines is 2. The van der Waals surface area contributed by atoms with E-state index in [0.717, 1.165) is 12.1 Å².